The molecule has 0 aromatic heterocycles. The maximum Gasteiger partial charge on any atom is 0.313 e. The van der Waals surface area contributed by atoms with Gasteiger partial charge in [-0.25, -0.2) is 0 Å². The molecule has 0 saturated carbocycles. The van der Waals surface area contributed by atoms with E-state index in [4.69, 9.17) is 10.5 Å². The molecule has 0 aliphatic rings. The van der Waals surface area contributed by atoms with Crippen LogP contribution in [-0.2, 0) is 16.0 Å². The third kappa shape index (κ3) is 3.35. The van der Waals surface area contributed by atoms with Gasteiger partial charge in [0.2, 0.25) is 0 Å². The van der Waals surface area contributed by atoms with Crippen molar-refractivity contribution in [2.75, 3.05) is 12.8 Å². The molecule has 0 spiro atoms. The van der Waals surface area contributed by atoms with E-state index in [-0.39, 0.29) is 11.9 Å². The molecule has 3 heteroatoms. The van der Waals surface area contributed by atoms with Gasteiger partial charge in [-0.1, -0.05) is 42.5 Å². The summed E-state index contributed by atoms with van der Waals surface area (Å²) in [5.74, 6) is -0.502. The standard InChI is InChI=1S/C16H17NO2/c1-19-16(18)15(13-5-3-2-4-6-13)11-12-7-9-14(17)10-8-12/h2-10,15H,11,17H2,1H3. The molecule has 2 N–H and O–H groups in total. The van der Waals surface area contributed by atoms with Crippen LogP contribution in [0.1, 0.15) is 17.0 Å². The summed E-state index contributed by atoms with van der Waals surface area (Å²) in [4.78, 5) is 11.9. The number of methoxy groups -OCH3 is 1. The number of carbonyl (C=O) groups is 1. The van der Waals surface area contributed by atoms with Crippen LogP contribution in [0.25, 0.3) is 0 Å². The van der Waals surface area contributed by atoms with Gasteiger partial charge in [-0.15, -0.1) is 0 Å². The maximum atomic E-state index is 11.9. The summed E-state index contributed by atoms with van der Waals surface area (Å²) in [5.41, 5.74) is 8.41. The smallest absolute Gasteiger partial charge is 0.313 e. The fraction of sp³-hybridized carbons (Fsp3) is 0.188. The zero-order valence-corrected chi connectivity index (χ0v) is 10.9. The molecule has 98 valence electrons. The summed E-state index contributed by atoms with van der Waals surface area (Å²) < 4.78 is 4.90. The molecular formula is C16H17NO2. The number of anilines is 1. The van der Waals surface area contributed by atoms with Gasteiger partial charge in [0.15, 0.2) is 0 Å². The molecule has 0 amide bonds. The van der Waals surface area contributed by atoms with Crippen LogP contribution < -0.4 is 5.73 Å². The number of esters is 1. The molecule has 19 heavy (non-hydrogen) atoms. The summed E-state index contributed by atoms with van der Waals surface area (Å²) in [5, 5.41) is 0. The Morgan fingerprint density at radius 3 is 2.32 bits per heavy atom. The second-order valence-corrected chi connectivity index (χ2v) is 4.43. The van der Waals surface area contributed by atoms with Crippen LogP contribution in [-0.4, -0.2) is 13.1 Å². The van der Waals surface area contributed by atoms with Crippen molar-refractivity contribution in [1.82, 2.24) is 0 Å². The molecule has 3 nitrogen and oxygen atoms in total. The van der Waals surface area contributed by atoms with Crippen molar-refractivity contribution >= 4 is 11.7 Å². The van der Waals surface area contributed by atoms with E-state index in [2.05, 4.69) is 0 Å². The topological polar surface area (TPSA) is 52.3 Å². The number of rotatable bonds is 4. The van der Waals surface area contributed by atoms with Gasteiger partial charge in [-0.05, 0) is 29.7 Å². The van der Waals surface area contributed by atoms with Gasteiger partial charge >= 0.3 is 5.97 Å². The number of benzene rings is 2. The molecule has 2 aromatic carbocycles. The lowest BCUT2D eigenvalue weighted by molar-refractivity contribution is -0.142. The third-order valence-electron chi connectivity index (χ3n) is 3.11. The highest BCUT2D eigenvalue weighted by Gasteiger charge is 2.21. The number of nitrogens with two attached hydrogens (primary N) is 1. The molecule has 0 fully saturated rings. The largest absolute Gasteiger partial charge is 0.469 e. The average molecular weight is 255 g/mol. The van der Waals surface area contributed by atoms with Crippen molar-refractivity contribution in [3.63, 3.8) is 0 Å². The zero-order valence-electron chi connectivity index (χ0n) is 10.9. The van der Waals surface area contributed by atoms with E-state index in [0.29, 0.717) is 6.42 Å². The monoisotopic (exact) mass is 255 g/mol. The van der Waals surface area contributed by atoms with Crippen molar-refractivity contribution in [1.29, 1.82) is 0 Å². The fourth-order valence-electron chi connectivity index (χ4n) is 2.05. The SMILES string of the molecule is COC(=O)C(Cc1ccc(N)cc1)c1ccccc1. The normalized spacial score (nSPS) is 11.8. The third-order valence-corrected chi connectivity index (χ3v) is 3.11. The van der Waals surface area contributed by atoms with E-state index in [1.165, 1.54) is 7.11 Å². The highest BCUT2D eigenvalue weighted by molar-refractivity contribution is 5.78. The minimum Gasteiger partial charge on any atom is -0.469 e. The quantitative estimate of drug-likeness (QED) is 0.675. The molecule has 0 aliphatic heterocycles. The van der Waals surface area contributed by atoms with Crippen molar-refractivity contribution in [2.24, 2.45) is 0 Å². The number of hydrogen-bond acceptors (Lipinski definition) is 3. The van der Waals surface area contributed by atoms with Crippen LogP contribution in [0.3, 0.4) is 0 Å². The van der Waals surface area contributed by atoms with Gasteiger partial charge in [0.25, 0.3) is 0 Å². The number of hydrogen-bond donors (Lipinski definition) is 1. The second kappa shape index (κ2) is 6.05. The van der Waals surface area contributed by atoms with E-state index >= 15 is 0 Å². The second-order valence-electron chi connectivity index (χ2n) is 4.43. The molecule has 1 unspecified atom stereocenters. The van der Waals surface area contributed by atoms with Crippen LogP contribution in [0, 0.1) is 0 Å². The Balaban J connectivity index is 2.24. The molecule has 2 aromatic rings. The Hall–Kier alpha value is -2.29. The zero-order chi connectivity index (χ0) is 13.7. The molecule has 0 saturated heterocycles. The summed E-state index contributed by atoms with van der Waals surface area (Å²) in [7, 11) is 1.42. The first-order chi connectivity index (χ1) is 9.20. The summed E-state index contributed by atoms with van der Waals surface area (Å²) in [6.07, 6.45) is 0.608. The Morgan fingerprint density at radius 2 is 1.74 bits per heavy atom. The van der Waals surface area contributed by atoms with Crippen LogP contribution in [0.4, 0.5) is 5.69 Å². The molecule has 2 rings (SSSR count). The molecule has 0 bridgehead atoms. The Kier molecular flexibility index (Phi) is 4.18. The first kappa shape index (κ1) is 13.1. The van der Waals surface area contributed by atoms with Gasteiger partial charge in [-0.3, -0.25) is 4.79 Å². The molecule has 0 heterocycles. The molecule has 0 radical (unpaired) electrons. The average Bonchev–Trinajstić information content (AvgIpc) is 2.47. The first-order valence-corrected chi connectivity index (χ1v) is 6.18. The van der Waals surface area contributed by atoms with Crippen molar-refractivity contribution in [3.8, 4) is 0 Å². The Morgan fingerprint density at radius 1 is 1.11 bits per heavy atom. The molecule has 0 aliphatic carbocycles. The first-order valence-electron chi connectivity index (χ1n) is 6.18. The number of nitrogen functional groups attached to an aromatic ring is 1. The van der Waals surface area contributed by atoms with Crippen LogP contribution >= 0.6 is 0 Å². The minimum atomic E-state index is -0.283. The molecule has 1 atom stereocenters. The summed E-state index contributed by atoms with van der Waals surface area (Å²) in [6, 6.07) is 17.2. The predicted molar refractivity (Wildman–Crippen MR) is 75.8 cm³/mol. The number of carbonyl (C=O) groups excluding carboxylic acids is 1. The van der Waals surface area contributed by atoms with Crippen LogP contribution in [0.5, 0.6) is 0 Å². The highest BCUT2D eigenvalue weighted by Crippen LogP contribution is 2.22. The van der Waals surface area contributed by atoms with Crippen molar-refractivity contribution in [3.05, 3.63) is 65.7 Å². The fourth-order valence-corrected chi connectivity index (χ4v) is 2.05. The van der Waals surface area contributed by atoms with Crippen molar-refractivity contribution < 1.29 is 9.53 Å². The van der Waals surface area contributed by atoms with E-state index < -0.39 is 0 Å². The van der Waals surface area contributed by atoms with Crippen LogP contribution in [0.15, 0.2) is 54.6 Å². The van der Waals surface area contributed by atoms with Gasteiger partial charge < -0.3 is 10.5 Å². The summed E-state index contributed by atoms with van der Waals surface area (Å²) >= 11 is 0. The predicted octanol–water partition coefficient (Wildman–Crippen LogP) is 2.77. The van der Waals surface area contributed by atoms with E-state index in [1.54, 1.807) is 0 Å². The Labute approximate surface area is 113 Å². The summed E-state index contributed by atoms with van der Waals surface area (Å²) in [6.45, 7) is 0. The lowest BCUT2D eigenvalue weighted by Crippen LogP contribution is -2.16. The lowest BCUT2D eigenvalue weighted by atomic mass is 9.92. The van der Waals surface area contributed by atoms with Crippen molar-refractivity contribution in [2.45, 2.75) is 12.3 Å². The van der Waals surface area contributed by atoms with E-state index in [1.807, 2.05) is 54.6 Å². The molecular weight excluding hydrogens is 238 g/mol. The van der Waals surface area contributed by atoms with Crippen LogP contribution in [0.2, 0.25) is 0 Å². The van der Waals surface area contributed by atoms with Gasteiger partial charge in [0, 0.05) is 5.69 Å². The number of ether oxygens (including phenoxy) is 1. The van der Waals surface area contributed by atoms with E-state index in [0.717, 1.165) is 16.8 Å². The Bertz CT molecular complexity index is 534. The van der Waals surface area contributed by atoms with Gasteiger partial charge in [0.05, 0.1) is 13.0 Å². The van der Waals surface area contributed by atoms with Gasteiger partial charge in [0.1, 0.15) is 0 Å². The van der Waals surface area contributed by atoms with E-state index in [9.17, 15) is 4.79 Å². The highest BCUT2D eigenvalue weighted by atomic mass is 16.5. The lowest BCUT2D eigenvalue weighted by Gasteiger charge is -2.15. The maximum absolute atomic E-state index is 11.9. The van der Waals surface area contributed by atoms with Gasteiger partial charge in [-0.2, -0.15) is 0 Å². The minimum absolute atomic E-state index is 0.219.